The molecule has 1 aliphatic heterocycles. The number of nitro groups is 1. The van der Waals surface area contributed by atoms with Gasteiger partial charge in [0.2, 0.25) is 0 Å². The fourth-order valence-corrected chi connectivity index (χ4v) is 5.16. The number of carbonyl (C=O) groups excluding carboxylic acids is 2. The van der Waals surface area contributed by atoms with E-state index in [2.05, 4.69) is 16.0 Å². The van der Waals surface area contributed by atoms with Gasteiger partial charge in [-0.3, -0.25) is 19.7 Å². The van der Waals surface area contributed by atoms with Crippen molar-refractivity contribution in [3.63, 3.8) is 0 Å². The molecule has 1 heterocycles. The SMILES string of the molecule is Cc1ccc(NC(=O)c2cc(C(F)(F)F)ccc2C2CNCCO2)cc1NC(=O)c1cccc(N(C)CCCN(C)C)c1[N+](=O)[O-]. The number of alkyl halides is 3. The van der Waals surface area contributed by atoms with Crippen molar-refractivity contribution in [1.82, 2.24) is 10.2 Å². The van der Waals surface area contributed by atoms with Crippen molar-refractivity contribution in [2.75, 3.05) is 69.5 Å². The molecule has 1 atom stereocenters. The van der Waals surface area contributed by atoms with Crippen LogP contribution in [0, 0.1) is 17.0 Å². The zero-order valence-electron chi connectivity index (χ0n) is 26.0. The first-order valence-electron chi connectivity index (χ1n) is 14.7. The van der Waals surface area contributed by atoms with Crippen LogP contribution in [-0.4, -0.2) is 75.6 Å². The molecule has 3 aromatic rings. The van der Waals surface area contributed by atoms with Gasteiger partial charge < -0.3 is 30.5 Å². The first-order valence-corrected chi connectivity index (χ1v) is 14.7. The van der Waals surface area contributed by atoms with Crippen LogP contribution in [0.25, 0.3) is 0 Å². The summed E-state index contributed by atoms with van der Waals surface area (Å²) in [5.41, 5.74) is -0.0259. The van der Waals surface area contributed by atoms with Gasteiger partial charge in [0.1, 0.15) is 11.3 Å². The Kier molecular flexibility index (Phi) is 11.0. The molecule has 1 saturated heterocycles. The topological polar surface area (TPSA) is 129 Å². The van der Waals surface area contributed by atoms with E-state index in [1.54, 1.807) is 43.1 Å². The number of amides is 2. The predicted molar refractivity (Wildman–Crippen MR) is 170 cm³/mol. The molecule has 0 aromatic heterocycles. The molecule has 1 aliphatic rings. The van der Waals surface area contributed by atoms with E-state index in [1.165, 1.54) is 18.2 Å². The van der Waals surface area contributed by atoms with Crippen molar-refractivity contribution in [2.24, 2.45) is 0 Å². The molecule has 0 saturated carbocycles. The molecule has 0 bridgehead atoms. The highest BCUT2D eigenvalue weighted by molar-refractivity contribution is 6.10. The fourth-order valence-electron chi connectivity index (χ4n) is 5.16. The third-order valence-corrected chi connectivity index (χ3v) is 7.60. The number of rotatable bonds is 11. The first-order chi connectivity index (χ1) is 21.8. The molecule has 3 N–H and O–H groups in total. The second-order valence-corrected chi connectivity index (χ2v) is 11.3. The van der Waals surface area contributed by atoms with Crippen LogP contribution in [0.5, 0.6) is 0 Å². The molecular weight excluding hydrogens is 605 g/mol. The number of nitrogens with zero attached hydrogens (tertiary/aromatic N) is 3. The van der Waals surface area contributed by atoms with Gasteiger partial charge in [-0.2, -0.15) is 13.2 Å². The maximum atomic E-state index is 13.6. The summed E-state index contributed by atoms with van der Waals surface area (Å²) in [6.45, 7) is 4.25. The summed E-state index contributed by atoms with van der Waals surface area (Å²) in [5, 5.41) is 20.6. The van der Waals surface area contributed by atoms with Crippen LogP contribution in [0.3, 0.4) is 0 Å². The highest BCUT2D eigenvalue weighted by atomic mass is 19.4. The minimum atomic E-state index is -4.67. The Morgan fingerprint density at radius 3 is 2.41 bits per heavy atom. The minimum Gasteiger partial charge on any atom is -0.371 e. The van der Waals surface area contributed by atoms with Gasteiger partial charge in [-0.05, 0) is 81.5 Å². The largest absolute Gasteiger partial charge is 0.416 e. The number of anilines is 3. The van der Waals surface area contributed by atoms with Gasteiger partial charge in [0.05, 0.1) is 23.2 Å². The van der Waals surface area contributed by atoms with Crippen LogP contribution in [0.4, 0.5) is 35.9 Å². The molecule has 0 spiro atoms. The summed E-state index contributed by atoms with van der Waals surface area (Å²) in [7, 11) is 5.59. The fraction of sp³-hybridized carbons (Fsp3) is 0.375. The Labute approximate surface area is 264 Å². The second kappa shape index (κ2) is 14.7. The monoisotopic (exact) mass is 642 g/mol. The summed E-state index contributed by atoms with van der Waals surface area (Å²) in [6.07, 6.45) is -4.54. The lowest BCUT2D eigenvalue weighted by atomic mass is 9.97. The molecule has 4 rings (SSSR count). The quantitative estimate of drug-likeness (QED) is 0.186. The average Bonchev–Trinajstić information content (AvgIpc) is 3.01. The molecule has 1 unspecified atom stereocenters. The third kappa shape index (κ3) is 8.38. The smallest absolute Gasteiger partial charge is 0.371 e. The number of nitrogens with one attached hydrogen (secondary N) is 3. The Morgan fingerprint density at radius 2 is 1.76 bits per heavy atom. The van der Waals surface area contributed by atoms with Crippen LogP contribution in [0.15, 0.2) is 54.6 Å². The van der Waals surface area contributed by atoms with E-state index >= 15 is 0 Å². The van der Waals surface area contributed by atoms with E-state index < -0.39 is 34.6 Å². The number of hydrogen-bond acceptors (Lipinski definition) is 8. The number of para-hydroxylation sites is 1. The van der Waals surface area contributed by atoms with Crippen molar-refractivity contribution in [1.29, 1.82) is 0 Å². The van der Waals surface area contributed by atoms with Crippen LogP contribution >= 0.6 is 0 Å². The van der Waals surface area contributed by atoms with Gasteiger partial charge in [0.25, 0.3) is 11.8 Å². The molecular formula is C32H37F3N6O5. The summed E-state index contributed by atoms with van der Waals surface area (Å²) in [4.78, 5) is 42.1. The van der Waals surface area contributed by atoms with E-state index in [9.17, 15) is 32.9 Å². The number of ether oxygens (including phenoxy) is 1. The standard InChI is InChI=1S/C32H37F3N6O5/c1-20-9-11-22(37-31(43)25-17-21(32(33,34)35)10-12-23(25)28-19-36-13-16-46-28)18-26(20)38-30(42)24-7-5-8-27(29(24)41(44)45)40(4)15-6-14-39(2)3/h5,7-12,17-18,28,36H,6,13-16,19H2,1-4H3,(H,37,43)(H,38,42). The van der Waals surface area contributed by atoms with Crippen molar-refractivity contribution >= 4 is 34.6 Å². The number of benzene rings is 3. The molecule has 46 heavy (non-hydrogen) atoms. The molecule has 11 nitrogen and oxygen atoms in total. The van der Waals surface area contributed by atoms with E-state index in [0.717, 1.165) is 25.1 Å². The number of aryl methyl sites for hydroxylation is 1. The molecule has 3 aromatic carbocycles. The maximum absolute atomic E-state index is 13.6. The lowest BCUT2D eigenvalue weighted by Crippen LogP contribution is -2.34. The molecule has 0 aliphatic carbocycles. The van der Waals surface area contributed by atoms with Crippen LogP contribution in [-0.2, 0) is 10.9 Å². The van der Waals surface area contributed by atoms with E-state index in [4.69, 9.17) is 4.74 Å². The van der Waals surface area contributed by atoms with Crippen LogP contribution < -0.4 is 20.9 Å². The van der Waals surface area contributed by atoms with Crippen LogP contribution in [0.2, 0.25) is 0 Å². The molecule has 14 heteroatoms. The van der Waals surface area contributed by atoms with Crippen molar-refractivity contribution in [2.45, 2.75) is 25.6 Å². The maximum Gasteiger partial charge on any atom is 0.416 e. The zero-order chi connectivity index (χ0) is 33.6. The van der Waals surface area contributed by atoms with Crippen molar-refractivity contribution in [3.05, 3.63) is 92.5 Å². The Bertz CT molecular complexity index is 1590. The van der Waals surface area contributed by atoms with Crippen molar-refractivity contribution in [3.8, 4) is 0 Å². The molecule has 2 amide bonds. The second-order valence-electron chi connectivity index (χ2n) is 11.3. The normalized spacial score (nSPS) is 15.0. The van der Waals surface area contributed by atoms with Crippen LogP contribution in [0.1, 0.15) is 49.9 Å². The zero-order valence-corrected chi connectivity index (χ0v) is 26.0. The highest BCUT2D eigenvalue weighted by Gasteiger charge is 2.33. The Hall–Kier alpha value is -4.53. The third-order valence-electron chi connectivity index (χ3n) is 7.60. The summed E-state index contributed by atoms with van der Waals surface area (Å²) < 4.78 is 46.4. The van der Waals surface area contributed by atoms with Gasteiger partial charge in [0, 0.05) is 43.6 Å². The predicted octanol–water partition coefficient (Wildman–Crippen LogP) is 5.48. The Balaban J connectivity index is 1.59. The Morgan fingerprint density at radius 1 is 1.02 bits per heavy atom. The summed E-state index contributed by atoms with van der Waals surface area (Å²) >= 11 is 0. The number of hydrogen-bond donors (Lipinski definition) is 3. The number of morpholine rings is 1. The van der Waals surface area contributed by atoms with Gasteiger partial charge in [-0.1, -0.05) is 18.2 Å². The molecule has 0 radical (unpaired) electrons. The molecule has 246 valence electrons. The number of carbonyl (C=O) groups is 2. The first kappa shape index (κ1) is 34.3. The number of halogens is 3. The lowest BCUT2D eigenvalue weighted by Gasteiger charge is -2.26. The van der Waals surface area contributed by atoms with E-state index in [1.807, 2.05) is 19.0 Å². The average molecular weight is 643 g/mol. The summed E-state index contributed by atoms with van der Waals surface area (Å²) in [5.74, 6) is -1.53. The summed E-state index contributed by atoms with van der Waals surface area (Å²) in [6, 6.07) is 12.1. The highest BCUT2D eigenvalue weighted by Crippen LogP contribution is 2.35. The minimum absolute atomic E-state index is 0.148. The van der Waals surface area contributed by atoms with E-state index in [-0.39, 0.29) is 28.2 Å². The number of nitro benzene ring substituents is 1. The van der Waals surface area contributed by atoms with E-state index in [0.29, 0.717) is 43.1 Å². The van der Waals surface area contributed by atoms with Gasteiger partial charge in [-0.25, -0.2) is 0 Å². The van der Waals surface area contributed by atoms with Crippen molar-refractivity contribution < 1.29 is 32.4 Å². The molecule has 1 fully saturated rings. The lowest BCUT2D eigenvalue weighted by molar-refractivity contribution is -0.384. The van der Waals surface area contributed by atoms with Gasteiger partial charge in [0.15, 0.2) is 0 Å². The van der Waals surface area contributed by atoms with Gasteiger partial charge in [-0.15, -0.1) is 0 Å². The van der Waals surface area contributed by atoms with Gasteiger partial charge >= 0.3 is 11.9 Å².